The molecule has 0 radical (unpaired) electrons. The first kappa shape index (κ1) is 35.3. The molecule has 2 N–H and O–H groups in total. The number of likely N-dealkylation sites (tertiary alicyclic amines) is 2. The van der Waals surface area contributed by atoms with Crippen molar-refractivity contribution in [1.29, 1.82) is 0 Å². The number of carbonyl (C=O) groups excluding carboxylic acids is 2. The minimum absolute atomic E-state index is 0.128. The van der Waals surface area contributed by atoms with Crippen LogP contribution in [0.5, 0.6) is 0 Å². The van der Waals surface area contributed by atoms with E-state index >= 15 is 0 Å². The number of hydrogen-bond acceptors (Lipinski definition) is 6. The number of amides is 2. The number of rotatable bonds is 5. The van der Waals surface area contributed by atoms with E-state index in [1.165, 1.54) is 0 Å². The second kappa shape index (κ2) is 14.1. The number of piperidine rings is 2. The fourth-order valence-corrected chi connectivity index (χ4v) is 7.25. The van der Waals surface area contributed by atoms with E-state index in [-0.39, 0.29) is 24.3 Å². The van der Waals surface area contributed by atoms with E-state index in [9.17, 15) is 9.59 Å². The monoisotopic (exact) mass is 702 g/mol. The normalized spacial score (nSPS) is 18.4. The summed E-state index contributed by atoms with van der Waals surface area (Å²) < 4.78 is 11.4. The van der Waals surface area contributed by atoms with Gasteiger partial charge < -0.3 is 19.4 Å². The fraction of sp³-hybridized carbons (Fsp3) is 0.429. The standard InChI is InChI=1S/C42H50N6O4/c1-41(2,3)51-39(49)47-21-9-7-11-35(47)37-43-25-33(45-37)28-15-13-27(14-16-28)29-17-18-31-24-32(20-19-30(31)23-29)34-26-44-38(46-34)36-12-8-10-22-48(36)40(50)52-42(4,5)6/h13-20,23-26,35-36H,7-12,21-22H2,1-6H3,(H,43,45)(H,44,46). The lowest BCUT2D eigenvalue weighted by molar-refractivity contribution is 0.00759. The molecule has 5 aromatic rings. The lowest BCUT2D eigenvalue weighted by atomic mass is 9.98. The highest BCUT2D eigenvalue weighted by Crippen LogP contribution is 2.35. The Morgan fingerprint density at radius 1 is 0.596 bits per heavy atom. The van der Waals surface area contributed by atoms with Crippen molar-refractivity contribution >= 4 is 23.0 Å². The fourth-order valence-electron chi connectivity index (χ4n) is 7.25. The van der Waals surface area contributed by atoms with Crippen LogP contribution in [0.2, 0.25) is 0 Å². The Hall–Kier alpha value is -5.12. The zero-order valence-corrected chi connectivity index (χ0v) is 31.2. The van der Waals surface area contributed by atoms with Gasteiger partial charge in [-0.05, 0) is 120 Å². The quantitative estimate of drug-likeness (QED) is 0.188. The molecule has 2 saturated heterocycles. The van der Waals surface area contributed by atoms with Gasteiger partial charge in [-0.15, -0.1) is 0 Å². The molecular formula is C42H50N6O4. The number of carbonyl (C=O) groups is 2. The van der Waals surface area contributed by atoms with Crippen molar-refractivity contribution in [1.82, 2.24) is 29.7 Å². The van der Waals surface area contributed by atoms with Gasteiger partial charge in [-0.1, -0.05) is 48.5 Å². The first-order chi connectivity index (χ1) is 24.8. The molecule has 2 aromatic heterocycles. The number of benzene rings is 3. The molecule has 2 fully saturated rings. The first-order valence-electron chi connectivity index (χ1n) is 18.6. The number of H-pyrrole nitrogens is 2. The van der Waals surface area contributed by atoms with E-state index in [1.807, 2.05) is 63.7 Å². The Morgan fingerprint density at radius 3 is 1.52 bits per heavy atom. The van der Waals surface area contributed by atoms with Crippen molar-refractivity contribution in [2.24, 2.45) is 0 Å². The predicted molar refractivity (Wildman–Crippen MR) is 204 cm³/mol. The zero-order chi connectivity index (χ0) is 36.6. The van der Waals surface area contributed by atoms with Gasteiger partial charge in [0, 0.05) is 18.7 Å². The van der Waals surface area contributed by atoms with Crippen LogP contribution in [-0.2, 0) is 9.47 Å². The topological polar surface area (TPSA) is 116 Å². The van der Waals surface area contributed by atoms with Crippen LogP contribution in [0.1, 0.15) is 104 Å². The molecule has 2 atom stereocenters. The highest BCUT2D eigenvalue weighted by Gasteiger charge is 2.34. The average molecular weight is 703 g/mol. The molecule has 2 unspecified atom stereocenters. The molecule has 2 aliphatic heterocycles. The van der Waals surface area contributed by atoms with Crippen molar-refractivity contribution in [3.8, 4) is 33.6 Å². The maximum Gasteiger partial charge on any atom is 0.410 e. The SMILES string of the molecule is CC(C)(C)OC(=O)N1CCCCC1c1ncc(-c2ccc(-c3ccc4cc(-c5cnc(C6CCCCN6C(=O)OC(C)(C)C)[nH]5)ccc4c3)cc2)[nH]1. The third-order valence-corrected chi connectivity index (χ3v) is 9.76. The number of hydrogen-bond donors (Lipinski definition) is 2. The first-order valence-corrected chi connectivity index (χ1v) is 18.6. The Kier molecular flexibility index (Phi) is 9.59. The highest BCUT2D eigenvalue weighted by atomic mass is 16.6. The molecule has 52 heavy (non-hydrogen) atoms. The van der Waals surface area contributed by atoms with Crippen molar-refractivity contribution in [2.75, 3.05) is 13.1 Å². The van der Waals surface area contributed by atoms with Crippen molar-refractivity contribution in [3.05, 3.63) is 84.7 Å². The molecule has 2 aliphatic rings. The average Bonchev–Trinajstić information content (AvgIpc) is 3.81. The second-order valence-corrected chi connectivity index (χ2v) is 16.1. The van der Waals surface area contributed by atoms with Gasteiger partial charge in [-0.2, -0.15) is 0 Å². The maximum atomic E-state index is 13.0. The van der Waals surface area contributed by atoms with Gasteiger partial charge in [-0.25, -0.2) is 19.6 Å². The van der Waals surface area contributed by atoms with Gasteiger partial charge in [0.2, 0.25) is 0 Å². The van der Waals surface area contributed by atoms with E-state index in [0.29, 0.717) is 13.1 Å². The molecule has 272 valence electrons. The van der Waals surface area contributed by atoms with Gasteiger partial charge in [0.15, 0.2) is 0 Å². The largest absolute Gasteiger partial charge is 0.444 e. The van der Waals surface area contributed by atoms with Crippen molar-refractivity contribution in [3.63, 3.8) is 0 Å². The molecule has 0 spiro atoms. The number of fused-ring (bicyclic) bond motifs is 1. The summed E-state index contributed by atoms with van der Waals surface area (Å²) in [6.45, 7) is 12.7. The number of aromatic amines is 2. The summed E-state index contributed by atoms with van der Waals surface area (Å²) >= 11 is 0. The molecule has 0 bridgehead atoms. The van der Waals surface area contributed by atoms with Crippen LogP contribution in [0.3, 0.4) is 0 Å². The Morgan fingerprint density at radius 2 is 1.02 bits per heavy atom. The molecule has 0 aliphatic carbocycles. The van der Waals surface area contributed by atoms with Crippen LogP contribution in [0.25, 0.3) is 44.4 Å². The third kappa shape index (κ3) is 7.86. The van der Waals surface area contributed by atoms with E-state index < -0.39 is 11.2 Å². The Bertz CT molecular complexity index is 2050. The second-order valence-electron chi connectivity index (χ2n) is 16.1. The van der Waals surface area contributed by atoms with Gasteiger partial charge >= 0.3 is 12.2 Å². The summed E-state index contributed by atoms with van der Waals surface area (Å²) in [6, 6.07) is 21.2. The summed E-state index contributed by atoms with van der Waals surface area (Å²) in [5.74, 6) is 1.59. The van der Waals surface area contributed by atoms with Gasteiger partial charge in [0.05, 0.1) is 35.9 Å². The van der Waals surface area contributed by atoms with E-state index in [2.05, 4.69) is 70.6 Å². The van der Waals surface area contributed by atoms with Gasteiger partial charge in [0.1, 0.15) is 22.9 Å². The lowest BCUT2D eigenvalue weighted by Crippen LogP contribution is -2.42. The van der Waals surface area contributed by atoms with Crippen LogP contribution >= 0.6 is 0 Å². The van der Waals surface area contributed by atoms with Crippen LogP contribution in [0, 0.1) is 0 Å². The third-order valence-electron chi connectivity index (χ3n) is 9.76. The molecule has 0 saturated carbocycles. The summed E-state index contributed by atoms with van der Waals surface area (Å²) in [7, 11) is 0. The maximum absolute atomic E-state index is 13.0. The Labute approximate surface area is 305 Å². The van der Waals surface area contributed by atoms with Crippen molar-refractivity contribution in [2.45, 2.75) is 103 Å². The summed E-state index contributed by atoms with van der Waals surface area (Å²) in [5, 5.41) is 2.28. The van der Waals surface area contributed by atoms with Gasteiger partial charge in [-0.3, -0.25) is 9.80 Å². The van der Waals surface area contributed by atoms with E-state index in [1.54, 1.807) is 0 Å². The molecular weight excluding hydrogens is 652 g/mol. The van der Waals surface area contributed by atoms with Crippen LogP contribution < -0.4 is 0 Å². The van der Waals surface area contributed by atoms with Crippen LogP contribution in [-0.4, -0.2) is 66.2 Å². The number of nitrogens with zero attached hydrogens (tertiary/aromatic N) is 4. The van der Waals surface area contributed by atoms with Crippen LogP contribution in [0.15, 0.2) is 73.1 Å². The molecule has 3 aromatic carbocycles. The molecule has 7 rings (SSSR count). The molecule has 4 heterocycles. The molecule has 2 amide bonds. The molecule has 10 nitrogen and oxygen atoms in total. The lowest BCUT2D eigenvalue weighted by Gasteiger charge is -2.35. The smallest absolute Gasteiger partial charge is 0.410 e. The summed E-state index contributed by atoms with van der Waals surface area (Å²) in [4.78, 5) is 46.0. The van der Waals surface area contributed by atoms with Gasteiger partial charge in [0.25, 0.3) is 0 Å². The number of nitrogens with one attached hydrogen (secondary N) is 2. The minimum Gasteiger partial charge on any atom is -0.444 e. The zero-order valence-electron chi connectivity index (χ0n) is 31.2. The summed E-state index contributed by atoms with van der Waals surface area (Å²) in [6.07, 6.45) is 8.86. The number of aromatic nitrogens is 4. The highest BCUT2D eigenvalue weighted by molar-refractivity contribution is 5.90. The number of imidazole rings is 2. The van der Waals surface area contributed by atoms with Crippen molar-refractivity contribution < 1.29 is 19.1 Å². The predicted octanol–water partition coefficient (Wildman–Crippen LogP) is 10.2. The number of ether oxygens (including phenoxy) is 2. The minimum atomic E-state index is -0.545. The van der Waals surface area contributed by atoms with Crippen LogP contribution in [0.4, 0.5) is 9.59 Å². The molecule has 10 heteroatoms. The van der Waals surface area contributed by atoms with E-state index in [0.717, 1.165) is 94.6 Å². The Balaban J connectivity index is 1.04. The van der Waals surface area contributed by atoms with E-state index in [4.69, 9.17) is 19.4 Å². The summed E-state index contributed by atoms with van der Waals surface area (Å²) in [5.41, 5.74) is 5.10.